The maximum Gasteiger partial charge on any atom is 0.190 e. The summed E-state index contributed by atoms with van der Waals surface area (Å²) < 4.78 is 2.06. The molecule has 5 nitrogen and oxygen atoms in total. The van der Waals surface area contributed by atoms with Crippen LogP contribution in [0.4, 0.5) is 0 Å². The van der Waals surface area contributed by atoms with Gasteiger partial charge in [-0.25, -0.2) is 0 Å². The van der Waals surface area contributed by atoms with Gasteiger partial charge in [-0.15, -0.1) is 24.0 Å². The van der Waals surface area contributed by atoms with Crippen LogP contribution in [-0.4, -0.2) is 35.9 Å². The van der Waals surface area contributed by atoms with Gasteiger partial charge >= 0.3 is 0 Å². The number of nitrogens with zero attached hydrogens (tertiary/aromatic N) is 3. The molecule has 0 amide bonds. The van der Waals surface area contributed by atoms with Crippen molar-refractivity contribution in [3.8, 4) is 0 Å². The Kier molecular flexibility index (Phi) is 9.69. The molecular weight excluding hydrogens is 437 g/mol. The van der Waals surface area contributed by atoms with Crippen molar-refractivity contribution in [1.29, 1.82) is 0 Å². The highest BCUT2D eigenvalue weighted by Crippen LogP contribution is 2.14. The van der Waals surface area contributed by atoms with Crippen molar-refractivity contribution in [3.05, 3.63) is 52.8 Å². The minimum atomic E-state index is 0. The van der Waals surface area contributed by atoms with Crippen LogP contribution in [0.2, 0.25) is 0 Å². The zero-order valence-corrected chi connectivity index (χ0v) is 18.9. The number of hydrogen-bond donors (Lipinski definition) is 2. The van der Waals surface area contributed by atoms with Crippen LogP contribution in [0.15, 0.2) is 35.3 Å². The summed E-state index contributed by atoms with van der Waals surface area (Å²) in [6.07, 6.45) is 1.01. The number of guanidine groups is 1. The average molecular weight is 469 g/mol. The van der Waals surface area contributed by atoms with Crippen molar-refractivity contribution in [2.45, 2.75) is 46.6 Å². The predicted molar refractivity (Wildman–Crippen MR) is 121 cm³/mol. The number of aliphatic imine (C=N–C) groups is 1. The van der Waals surface area contributed by atoms with Gasteiger partial charge in [0.05, 0.1) is 5.69 Å². The number of halogens is 1. The molecule has 2 rings (SSSR count). The maximum absolute atomic E-state index is 4.49. The van der Waals surface area contributed by atoms with Gasteiger partial charge in [0, 0.05) is 32.4 Å². The predicted octanol–water partition coefficient (Wildman–Crippen LogP) is 3.79. The smallest absolute Gasteiger partial charge is 0.190 e. The Morgan fingerprint density at radius 1 is 1.15 bits per heavy atom. The average Bonchev–Trinajstić information content (AvgIpc) is 2.92. The van der Waals surface area contributed by atoms with E-state index >= 15 is 0 Å². The van der Waals surface area contributed by atoms with Gasteiger partial charge in [0.1, 0.15) is 0 Å². The van der Waals surface area contributed by atoms with Gasteiger partial charge in [-0.05, 0) is 44.7 Å². The molecule has 1 aromatic carbocycles. The third kappa shape index (κ3) is 6.97. The fourth-order valence-electron chi connectivity index (χ4n) is 2.82. The van der Waals surface area contributed by atoms with Crippen LogP contribution in [0.5, 0.6) is 0 Å². The number of rotatable bonds is 7. The lowest BCUT2D eigenvalue weighted by atomic mass is 10.0. The van der Waals surface area contributed by atoms with E-state index in [2.05, 4.69) is 76.5 Å². The highest BCUT2D eigenvalue weighted by Gasteiger charge is 2.06. The first-order valence-electron chi connectivity index (χ1n) is 9.01. The molecule has 1 aromatic heterocycles. The minimum absolute atomic E-state index is 0. The number of aryl methyl sites for hydroxylation is 4. The largest absolute Gasteiger partial charge is 0.356 e. The van der Waals surface area contributed by atoms with Gasteiger partial charge in [0.15, 0.2) is 5.96 Å². The first-order valence-corrected chi connectivity index (χ1v) is 9.01. The van der Waals surface area contributed by atoms with Crippen LogP contribution >= 0.6 is 24.0 Å². The molecule has 0 saturated heterocycles. The Bertz CT molecular complexity index is 691. The van der Waals surface area contributed by atoms with Crippen LogP contribution < -0.4 is 10.6 Å². The summed E-state index contributed by atoms with van der Waals surface area (Å²) >= 11 is 0. The zero-order chi connectivity index (χ0) is 18.2. The fraction of sp³-hybridized carbons (Fsp3) is 0.500. The van der Waals surface area contributed by atoms with Gasteiger partial charge in [-0.2, -0.15) is 5.10 Å². The van der Waals surface area contributed by atoms with E-state index < -0.39 is 0 Å². The minimum Gasteiger partial charge on any atom is -0.356 e. The molecule has 0 aliphatic carbocycles. The Morgan fingerprint density at radius 2 is 1.85 bits per heavy atom. The number of hydrogen-bond acceptors (Lipinski definition) is 2. The first kappa shape index (κ1) is 22.5. The molecule has 0 aliphatic rings. The van der Waals surface area contributed by atoms with Crippen LogP contribution in [-0.2, 0) is 6.54 Å². The molecule has 1 atom stereocenters. The second kappa shape index (κ2) is 11.2. The lowest BCUT2D eigenvalue weighted by Gasteiger charge is -2.16. The van der Waals surface area contributed by atoms with E-state index in [1.807, 2.05) is 14.0 Å². The van der Waals surface area contributed by atoms with Crippen LogP contribution in [0.1, 0.15) is 41.8 Å². The lowest BCUT2D eigenvalue weighted by Crippen LogP contribution is -2.39. The number of aromatic nitrogens is 2. The highest BCUT2D eigenvalue weighted by molar-refractivity contribution is 14.0. The Labute approximate surface area is 174 Å². The summed E-state index contributed by atoms with van der Waals surface area (Å²) in [5.74, 6) is 1.29. The van der Waals surface area contributed by atoms with E-state index in [4.69, 9.17) is 0 Å². The molecule has 144 valence electrons. The molecule has 0 aliphatic heterocycles. The first-order chi connectivity index (χ1) is 12.0. The SMILES string of the molecule is CN=C(NCCCn1nc(C)cc1C)NCC(C)c1ccc(C)cc1.I. The summed E-state index contributed by atoms with van der Waals surface area (Å²) in [5, 5.41) is 11.3. The highest BCUT2D eigenvalue weighted by atomic mass is 127. The fourth-order valence-corrected chi connectivity index (χ4v) is 2.82. The van der Waals surface area contributed by atoms with Crippen molar-refractivity contribution in [2.75, 3.05) is 20.1 Å². The molecule has 0 spiro atoms. The molecule has 2 N–H and O–H groups in total. The zero-order valence-electron chi connectivity index (χ0n) is 16.5. The van der Waals surface area contributed by atoms with Crippen molar-refractivity contribution >= 4 is 29.9 Å². The van der Waals surface area contributed by atoms with Crippen LogP contribution in [0, 0.1) is 20.8 Å². The normalized spacial score (nSPS) is 12.4. The quantitative estimate of drug-likeness (QED) is 0.281. The summed E-state index contributed by atoms with van der Waals surface area (Å²) in [6, 6.07) is 10.8. The number of benzene rings is 1. The van der Waals surface area contributed by atoms with E-state index in [1.165, 1.54) is 16.8 Å². The van der Waals surface area contributed by atoms with Crippen molar-refractivity contribution in [2.24, 2.45) is 4.99 Å². The standard InChI is InChI=1S/C20H31N5.HI/c1-15-7-9-19(10-8-15)16(2)14-23-20(21-5)22-11-6-12-25-18(4)13-17(3)24-25;/h7-10,13,16H,6,11-12,14H2,1-5H3,(H2,21,22,23);1H. The van der Waals surface area contributed by atoms with Gasteiger partial charge in [0.2, 0.25) is 0 Å². The van der Waals surface area contributed by atoms with Gasteiger partial charge in [-0.1, -0.05) is 36.8 Å². The summed E-state index contributed by atoms with van der Waals surface area (Å²) in [4.78, 5) is 4.31. The van der Waals surface area contributed by atoms with Gasteiger partial charge < -0.3 is 10.6 Å². The van der Waals surface area contributed by atoms with Crippen molar-refractivity contribution < 1.29 is 0 Å². The van der Waals surface area contributed by atoms with Crippen LogP contribution in [0.3, 0.4) is 0 Å². The molecule has 6 heteroatoms. The molecule has 0 fully saturated rings. The third-order valence-electron chi connectivity index (χ3n) is 4.39. The summed E-state index contributed by atoms with van der Waals surface area (Å²) in [6.45, 7) is 11.1. The summed E-state index contributed by atoms with van der Waals surface area (Å²) in [5.41, 5.74) is 4.93. The van der Waals surface area contributed by atoms with E-state index in [9.17, 15) is 0 Å². The van der Waals surface area contributed by atoms with Crippen LogP contribution in [0.25, 0.3) is 0 Å². The Morgan fingerprint density at radius 3 is 2.42 bits per heavy atom. The van der Waals surface area contributed by atoms with E-state index in [0.717, 1.165) is 37.7 Å². The third-order valence-corrected chi connectivity index (χ3v) is 4.39. The van der Waals surface area contributed by atoms with E-state index in [1.54, 1.807) is 0 Å². The summed E-state index contributed by atoms with van der Waals surface area (Å²) in [7, 11) is 1.81. The monoisotopic (exact) mass is 469 g/mol. The van der Waals surface area contributed by atoms with Gasteiger partial charge in [-0.3, -0.25) is 9.67 Å². The second-order valence-electron chi connectivity index (χ2n) is 6.70. The Balaban J connectivity index is 0.00000338. The molecule has 2 aromatic rings. The Hall–Kier alpha value is -1.57. The molecule has 0 bridgehead atoms. The lowest BCUT2D eigenvalue weighted by molar-refractivity contribution is 0.554. The van der Waals surface area contributed by atoms with Crippen molar-refractivity contribution in [3.63, 3.8) is 0 Å². The van der Waals surface area contributed by atoms with E-state index in [0.29, 0.717) is 5.92 Å². The van der Waals surface area contributed by atoms with Gasteiger partial charge in [0.25, 0.3) is 0 Å². The van der Waals surface area contributed by atoms with Crippen molar-refractivity contribution in [1.82, 2.24) is 20.4 Å². The topological polar surface area (TPSA) is 54.2 Å². The molecule has 1 unspecified atom stereocenters. The number of nitrogens with one attached hydrogen (secondary N) is 2. The van der Waals surface area contributed by atoms with E-state index in [-0.39, 0.29) is 24.0 Å². The second-order valence-corrected chi connectivity index (χ2v) is 6.70. The molecule has 0 radical (unpaired) electrons. The molecular formula is C20H32IN5. The molecule has 1 heterocycles. The molecule has 0 saturated carbocycles. The molecule has 26 heavy (non-hydrogen) atoms. The maximum atomic E-state index is 4.49.